The van der Waals surface area contributed by atoms with Gasteiger partial charge in [0.25, 0.3) is 11.8 Å². The molecule has 0 saturated carbocycles. The molecule has 1 aliphatic rings. The summed E-state index contributed by atoms with van der Waals surface area (Å²) in [4.78, 5) is 25.5. The molecule has 1 saturated heterocycles. The maximum atomic E-state index is 14.3. The Morgan fingerprint density at radius 3 is 2.37 bits per heavy atom. The molecule has 0 aliphatic carbocycles. The Kier molecular flexibility index (Phi) is 7.90. The smallest absolute Gasteiger partial charge is 0.425 e. The molecule has 14 heteroatoms. The van der Waals surface area contributed by atoms with E-state index < -0.39 is 40.0 Å². The lowest BCUT2D eigenvalue weighted by molar-refractivity contribution is -0.212. The molecule has 1 aromatic carbocycles. The number of pyridine rings is 1. The van der Waals surface area contributed by atoms with Crippen molar-refractivity contribution in [3.63, 3.8) is 0 Å². The Labute approximate surface area is 217 Å². The summed E-state index contributed by atoms with van der Waals surface area (Å²) in [6.45, 7) is 2.24. The van der Waals surface area contributed by atoms with E-state index in [0.717, 1.165) is 0 Å². The number of amides is 1. The van der Waals surface area contributed by atoms with Crippen molar-refractivity contribution in [1.82, 2.24) is 15.0 Å². The molecule has 1 fully saturated rings. The summed E-state index contributed by atoms with van der Waals surface area (Å²) in [7, 11) is -3.87. The van der Waals surface area contributed by atoms with Crippen LogP contribution in [0.15, 0.2) is 42.6 Å². The van der Waals surface area contributed by atoms with Crippen LogP contribution in [0.5, 0.6) is 5.88 Å². The van der Waals surface area contributed by atoms with Gasteiger partial charge in [-0.25, -0.2) is 23.4 Å². The van der Waals surface area contributed by atoms with Crippen LogP contribution >= 0.6 is 0 Å². The highest BCUT2D eigenvalue weighted by molar-refractivity contribution is 7.92. The molecule has 0 bridgehead atoms. The van der Waals surface area contributed by atoms with E-state index in [0.29, 0.717) is 17.6 Å². The van der Waals surface area contributed by atoms with Crippen LogP contribution in [0.1, 0.15) is 36.7 Å². The van der Waals surface area contributed by atoms with Crippen molar-refractivity contribution in [3.8, 4) is 5.88 Å². The third kappa shape index (κ3) is 6.41. The highest BCUT2D eigenvalue weighted by Gasteiger charge is 2.48. The molecule has 204 valence electrons. The largest absolute Gasteiger partial charge is 0.462 e. The molecule has 1 amide bonds. The monoisotopic (exact) mass is 552 g/mol. The molecule has 38 heavy (non-hydrogen) atoms. The maximum absolute atomic E-state index is 14.3. The van der Waals surface area contributed by atoms with Crippen molar-refractivity contribution in [2.75, 3.05) is 28.5 Å². The Morgan fingerprint density at radius 2 is 1.82 bits per heavy atom. The van der Waals surface area contributed by atoms with Crippen molar-refractivity contribution in [1.29, 1.82) is 0 Å². The minimum Gasteiger partial charge on any atom is -0.462 e. The van der Waals surface area contributed by atoms with Gasteiger partial charge in [-0.3, -0.25) is 9.52 Å². The molecule has 1 aliphatic heterocycles. The third-order valence-electron chi connectivity index (χ3n) is 6.16. The number of hydrogen-bond acceptors (Lipinski definition) is 8. The number of para-hydroxylation sites is 2. The molecule has 2 aromatic heterocycles. The molecule has 0 radical (unpaired) electrons. The lowest BCUT2D eigenvalue weighted by Crippen LogP contribution is -2.46. The van der Waals surface area contributed by atoms with Crippen LogP contribution in [0.3, 0.4) is 0 Å². The molecule has 3 N–H and O–H groups in total. The molecule has 0 spiro atoms. The second-order valence-electron chi connectivity index (χ2n) is 8.96. The van der Waals surface area contributed by atoms with Gasteiger partial charge in [0.05, 0.1) is 28.7 Å². The van der Waals surface area contributed by atoms with Crippen LogP contribution in [0.2, 0.25) is 0 Å². The number of nitrogens with two attached hydrogens (primary N) is 1. The number of ether oxygens (including phenoxy) is 1. The molecule has 10 nitrogen and oxygen atoms in total. The highest BCUT2D eigenvalue weighted by Crippen LogP contribution is 2.37. The van der Waals surface area contributed by atoms with E-state index in [2.05, 4.69) is 19.7 Å². The van der Waals surface area contributed by atoms with Gasteiger partial charge < -0.3 is 15.4 Å². The first-order chi connectivity index (χ1) is 18.0. The first-order valence-corrected chi connectivity index (χ1v) is 13.6. The van der Waals surface area contributed by atoms with E-state index in [1.807, 2.05) is 4.90 Å². The number of piperidine rings is 1. The summed E-state index contributed by atoms with van der Waals surface area (Å²) in [6, 6.07) is 9.54. The normalized spacial score (nSPS) is 15.8. The maximum Gasteiger partial charge on any atom is 0.425 e. The zero-order valence-electron chi connectivity index (χ0n) is 20.5. The summed E-state index contributed by atoms with van der Waals surface area (Å²) in [5.74, 6) is -2.74. The van der Waals surface area contributed by atoms with Crippen molar-refractivity contribution in [3.05, 3.63) is 48.3 Å². The Hall–Kier alpha value is -3.68. The quantitative estimate of drug-likeness (QED) is 0.411. The average Bonchev–Trinajstić information content (AvgIpc) is 2.86. The number of nitrogens with zero attached hydrogens (tertiary/aromatic N) is 4. The Morgan fingerprint density at radius 1 is 1.16 bits per heavy atom. The Bertz CT molecular complexity index is 1390. The number of fused-ring (bicyclic) bond motifs is 1. The first kappa shape index (κ1) is 27.4. The van der Waals surface area contributed by atoms with Crippen LogP contribution in [0.25, 0.3) is 11.0 Å². The summed E-state index contributed by atoms with van der Waals surface area (Å²) >= 11 is 0. The fourth-order valence-electron chi connectivity index (χ4n) is 4.33. The number of carbonyl (C=O) groups is 1. The fraction of sp³-hybridized carbons (Fsp3) is 0.417. The number of benzene rings is 1. The van der Waals surface area contributed by atoms with Crippen LogP contribution in [-0.4, -0.2) is 60.4 Å². The van der Waals surface area contributed by atoms with Gasteiger partial charge in [-0.1, -0.05) is 19.1 Å². The van der Waals surface area contributed by atoms with E-state index in [4.69, 9.17) is 10.5 Å². The predicted molar refractivity (Wildman–Crippen MR) is 135 cm³/mol. The summed E-state index contributed by atoms with van der Waals surface area (Å²) in [5, 5.41) is 0. The SMILES string of the molecule is CCCS(=O)(=O)Nc1nc2ccccc2nc1O[C@H](C1CCN(c2ccc(C(N)=O)nc2)CC1)C(F)(F)F. The number of rotatable bonds is 9. The van der Waals surface area contributed by atoms with Crippen molar-refractivity contribution in [2.24, 2.45) is 11.7 Å². The van der Waals surface area contributed by atoms with Crippen LogP contribution in [0, 0.1) is 5.92 Å². The number of nitrogens with one attached hydrogen (secondary N) is 1. The molecular weight excluding hydrogens is 525 g/mol. The van der Waals surface area contributed by atoms with Crippen molar-refractivity contribution < 1.29 is 31.1 Å². The van der Waals surface area contributed by atoms with Crippen molar-refractivity contribution >= 4 is 38.5 Å². The highest BCUT2D eigenvalue weighted by atomic mass is 32.2. The van der Waals surface area contributed by atoms with Gasteiger partial charge >= 0.3 is 6.18 Å². The van der Waals surface area contributed by atoms with Crippen LogP contribution in [0.4, 0.5) is 24.7 Å². The van der Waals surface area contributed by atoms with E-state index in [1.54, 1.807) is 37.3 Å². The fourth-order valence-corrected chi connectivity index (χ4v) is 5.40. The third-order valence-corrected chi connectivity index (χ3v) is 7.61. The van der Waals surface area contributed by atoms with E-state index >= 15 is 0 Å². The number of sulfonamides is 1. The predicted octanol–water partition coefficient (Wildman–Crippen LogP) is 3.50. The van der Waals surface area contributed by atoms with Gasteiger partial charge in [0, 0.05) is 19.0 Å². The van der Waals surface area contributed by atoms with Gasteiger partial charge in [0.1, 0.15) is 5.69 Å². The van der Waals surface area contributed by atoms with Crippen LogP contribution in [-0.2, 0) is 10.0 Å². The first-order valence-electron chi connectivity index (χ1n) is 12.0. The van der Waals surface area contributed by atoms with Gasteiger partial charge in [0.15, 0.2) is 6.10 Å². The van der Waals surface area contributed by atoms with Gasteiger partial charge in [-0.2, -0.15) is 13.2 Å². The van der Waals surface area contributed by atoms with Gasteiger partial charge in [-0.05, 0) is 43.5 Å². The van der Waals surface area contributed by atoms with Gasteiger partial charge in [0.2, 0.25) is 15.8 Å². The zero-order valence-corrected chi connectivity index (χ0v) is 21.3. The molecule has 1 atom stereocenters. The number of alkyl halides is 3. The molecule has 3 aromatic rings. The number of primary amides is 1. The minimum atomic E-state index is -4.75. The average molecular weight is 553 g/mol. The lowest BCUT2D eigenvalue weighted by atomic mass is 9.90. The van der Waals surface area contributed by atoms with E-state index in [9.17, 15) is 26.4 Å². The number of carbonyl (C=O) groups excluding carboxylic acids is 1. The topological polar surface area (TPSA) is 140 Å². The molecule has 3 heterocycles. The molecule has 4 rings (SSSR count). The van der Waals surface area contributed by atoms with Crippen LogP contribution < -0.4 is 20.1 Å². The lowest BCUT2D eigenvalue weighted by Gasteiger charge is -2.37. The standard InChI is InChI=1S/C24H27F3N6O4S/c1-2-13-38(35,36)32-22-23(31-18-6-4-3-5-17(18)30-22)37-20(24(25,26)27)15-9-11-33(12-10-15)16-7-8-19(21(28)34)29-14-16/h3-8,14-15,20H,2,9-13H2,1H3,(H2,28,34)(H,30,32)/t20-/m1/s1. The molecular formula is C24H27F3N6O4S. The van der Waals surface area contributed by atoms with Crippen molar-refractivity contribution in [2.45, 2.75) is 38.5 Å². The molecule has 0 unspecified atom stereocenters. The second kappa shape index (κ2) is 11.0. The summed E-state index contributed by atoms with van der Waals surface area (Å²) < 4.78 is 75.3. The second-order valence-corrected chi connectivity index (χ2v) is 10.8. The number of aromatic nitrogens is 3. The minimum absolute atomic E-state index is 0.0935. The zero-order chi connectivity index (χ0) is 27.5. The van der Waals surface area contributed by atoms with E-state index in [1.165, 1.54) is 12.3 Å². The summed E-state index contributed by atoms with van der Waals surface area (Å²) in [5.41, 5.74) is 6.53. The number of halogens is 3. The number of hydrogen-bond donors (Lipinski definition) is 2. The summed E-state index contributed by atoms with van der Waals surface area (Å²) in [6.07, 6.45) is -4.94. The Balaban J connectivity index is 1.58. The van der Waals surface area contributed by atoms with Gasteiger partial charge in [-0.15, -0.1) is 0 Å². The number of anilines is 2. The van der Waals surface area contributed by atoms with E-state index in [-0.39, 0.29) is 48.7 Å².